The molecule has 1 saturated carbocycles. The van der Waals surface area contributed by atoms with Crippen molar-refractivity contribution in [2.75, 3.05) is 0 Å². The third-order valence-electron chi connectivity index (χ3n) is 3.09. The van der Waals surface area contributed by atoms with Gasteiger partial charge in [0.1, 0.15) is 10.3 Å². The van der Waals surface area contributed by atoms with Crippen LogP contribution in [-0.2, 0) is 5.75 Å². The summed E-state index contributed by atoms with van der Waals surface area (Å²) < 4.78 is 1.66. The molecule has 1 aromatic heterocycles. The van der Waals surface area contributed by atoms with Gasteiger partial charge in [0, 0.05) is 15.3 Å². The molecule has 2 aromatic rings. The van der Waals surface area contributed by atoms with E-state index < -0.39 is 0 Å². The average Bonchev–Trinajstić information content (AvgIpc) is 3.26. The van der Waals surface area contributed by atoms with Gasteiger partial charge in [-0.05, 0) is 53.0 Å². The summed E-state index contributed by atoms with van der Waals surface area (Å²) in [6, 6.07) is 8.12. The molecular formula is C14H12Br2N2OS. The topological polar surface area (TPSA) is 45.8 Å². The first kappa shape index (κ1) is 14.4. The highest BCUT2D eigenvalue weighted by Gasteiger charge is 2.28. The summed E-state index contributed by atoms with van der Waals surface area (Å²) in [4.78, 5) is 20.5. The van der Waals surface area contributed by atoms with Crippen molar-refractivity contribution in [3.05, 3.63) is 55.1 Å². The van der Waals surface area contributed by atoms with Crippen LogP contribution in [0.4, 0.5) is 0 Å². The van der Waals surface area contributed by atoms with Crippen molar-refractivity contribution >= 4 is 43.6 Å². The number of halogens is 2. The van der Waals surface area contributed by atoms with E-state index in [4.69, 9.17) is 0 Å². The third-order valence-corrected chi connectivity index (χ3v) is 5.41. The van der Waals surface area contributed by atoms with Crippen molar-refractivity contribution in [1.29, 1.82) is 0 Å². The van der Waals surface area contributed by atoms with E-state index in [0.29, 0.717) is 16.1 Å². The van der Waals surface area contributed by atoms with E-state index in [-0.39, 0.29) is 5.56 Å². The second kappa shape index (κ2) is 6.03. The van der Waals surface area contributed by atoms with E-state index >= 15 is 0 Å². The van der Waals surface area contributed by atoms with E-state index in [2.05, 4.69) is 41.8 Å². The molecule has 3 rings (SSSR count). The molecule has 1 aliphatic rings. The SMILES string of the molecule is O=c1[nH]c(CSc2ccc(Br)cc2)nc(C2CC2)c1Br. The summed E-state index contributed by atoms with van der Waals surface area (Å²) in [7, 11) is 0. The van der Waals surface area contributed by atoms with Gasteiger partial charge in [0.25, 0.3) is 5.56 Å². The minimum atomic E-state index is -0.0756. The Bertz CT molecular complexity index is 681. The van der Waals surface area contributed by atoms with Crippen molar-refractivity contribution in [3.63, 3.8) is 0 Å². The van der Waals surface area contributed by atoms with Crippen LogP contribution >= 0.6 is 43.6 Å². The van der Waals surface area contributed by atoms with Gasteiger partial charge in [0.2, 0.25) is 0 Å². The number of H-pyrrole nitrogens is 1. The van der Waals surface area contributed by atoms with Crippen LogP contribution in [0, 0.1) is 0 Å². The quantitative estimate of drug-likeness (QED) is 0.749. The second-order valence-corrected chi connectivity index (χ2v) is 7.49. The van der Waals surface area contributed by atoms with Gasteiger partial charge >= 0.3 is 0 Å². The summed E-state index contributed by atoms with van der Waals surface area (Å²) in [5.41, 5.74) is 0.841. The monoisotopic (exact) mass is 414 g/mol. The molecule has 0 spiro atoms. The van der Waals surface area contributed by atoms with Crippen LogP contribution in [0.25, 0.3) is 0 Å². The number of benzene rings is 1. The molecule has 6 heteroatoms. The Morgan fingerprint density at radius 3 is 2.60 bits per heavy atom. The standard InChI is InChI=1S/C14H12Br2N2OS/c15-9-3-5-10(6-4-9)20-7-11-17-13(8-1-2-8)12(16)14(19)18-11/h3-6,8H,1-2,7H2,(H,17,18,19). The first-order valence-electron chi connectivity index (χ1n) is 6.30. The fourth-order valence-electron chi connectivity index (χ4n) is 1.90. The highest BCUT2D eigenvalue weighted by atomic mass is 79.9. The molecule has 0 saturated heterocycles. The Morgan fingerprint density at radius 2 is 1.95 bits per heavy atom. The second-order valence-electron chi connectivity index (χ2n) is 4.73. The first-order valence-corrected chi connectivity index (χ1v) is 8.87. The number of aromatic amines is 1. The first-order chi connectivity index (χ1) is 9.63. The lowest BCUT2D eigenvalue weighted by Crippen LogP contribution is -2.14. The van der Waals surface area contributed by atoms with Crippen molar-refractivity contribution in [1.82, 2.24) is 9.97 Å². The molecule has 0 amide bonds. The highest BCUT2D eigenvalue weighted by Crippen LogP contribution is 2.41. The maximum atomic E-state index is 11.9. The number of nitrogens with one attached hydrogen (secondary N) is 1. The molecule has 1 aromatic carbocycles. The molecule has 104 valence electrons. The maximum absolute atomic E-state index is 11.9. The van der Waals surface area contributed by atoms with Crippen LogP contribution in [0.2, 0.25) is 0 Å². The number of nitrogens with zero attached hydrogens (tertiary/aromatic N) is 1. The summed E-state index contributed by atoms with van der Waals surface area (Å²) >= 11 is 8.43. The van der Waals surface area contributed by atoms with Crippen LogP contribution in [0.1, 0.15) is 30.3 Å². The maximum Gasteiger partial charge on any atom is 0.265 e. The van der Waals surface area contributed by atoms with Crippen LogP contribution in [0.5, 0.6) is 0 Å². The predicted molar refractivity (Wildman–Crippen MR) is 88.2 cm³/mol. The van der Waals surface area contributed by atoms with Crippen molar-refractivity contribution in [2.24, 2.45) is 0 Å². The zero-order chi connectivity index (χ0) is 14.1. The van der Waals surface area contributed by atoms with Gasteiger partial charge < -0.3 is 4.98 Å². The lowest BCUT2D eigenvalue weighted by molar-refractivity contribution is 0.899. The minimum absolute atomic E-state index is 0.0756. The summed E-state index contributed by atoms with van der Waals surface area (Å²) in [5, 5.41) is 0. The van der Waals surface area contributed by atoms with Gasteiger partial charge in [-0.3, -0.25) is 4.79 Å². The molecule has 1 aliphatic carbocycles. The molecule has 0 bridgehead atoms. The van der Waals surface area contributed by atoms with Crippen LogP contribution in [0.3, 0.4) is 0 Å². The zero-order valence-corrected chi connectivity index (χ0v) is 14.5. The molecule has 1 N–H and O–H groups in total. The molecular weight excluding hydrogens is 404 g/mol. The largest absolute Gasteiger partial charge is 0.309 e. The summed E-state index contributed by atoms with van der Waals surface area (Å²) in [6.45, 7) is 0. The molecule has 0 radical (unpaired) electrons. The average molecular weight is 416 g/mol. The van der Waals surface area contributed by atoms with Gasteiger partial charge in [-0.2, -0.15) is 0 Å². The highest BCUT2D eigenvalue weighted by molar-refractivity contribution is 9.10. The van der Waals surface area contributed by atoms with Gasteiger partial charge in [-0.1, -0.05) is 15.9 Å². The number of aromatic nitrogens is 2. The lowest BCUT2D eigenvalue weighted by Gasteiger charge is -2.06. The molecule has 0 aliphatic heterocycles. The number of hydrogen-bond donors (Lipinski definition) is 1. The van der Waals surface area contributed by atoms with E-state index in [1.54, 1.807) is 11.8 Å². The van der Waals surface area contributed by atoms with Gasteiger partial charge in [-0.25, -0.2) is 4.98 Å². The van der Waals surface area contributed by atoms with Crippen molar-refractivity contribution in [3.8, 4) is 0 Å². The van der Waals surface area contributed by atoms with E-state index in [1.807, 2.05) is 24.3 Å². The zero-order valence-electron chi connectivity index (χ0n) is 10.5. The molecule has 0 atom stereocenters. The molecule has 20 heavy (non-hydrogen) atoms. The molecule has 3 nitrogen and oxygen atoms in total. The van der Waals surface area contributed by atoms with Gasteiger partial charge in [0.15, 0.2) is 0 Å². The predicted octanol–water partition coefficient (Wildman–Crippen LogP) is 4.46. The number of rotatable bonds is 4. The van der Waals surface area contributed by atoms with Crippen LogP contribution in [-0.4, -0.2) is 9.97 Å². The van der Waals surface area contributed by atoms with Crippen molar-refractivity contribution < 1.29 is 0 Å². The lowest BCUT2D eigenvalue weighted by atomic mass is 10.3. The Labute approximate surface area is 137 Å². The normalized spacial score (nSPS) is 14.5. The van der Waals surface area contributed by atoms with Crippen LogP contribution in [0.15, 0.2) is 42.9 Å². The molecule has 1 heterocycles. The van der Waals surface area contributed by atoms with Crippen molar-refractivity contribution in [2.45, 2.75) is 29.4 Å². The number of hydrogen-bond acceptors (Lipinski definition) is 3. The fraction of sp³-hybridized carbons (Fsp3) is 0.286. The Kier molecular flexibility index (Phi) is 4.33. The summed E-state index contributed by atoms with van der Waals surface area (Å²) in [6.07, 6.45) is 2.27. The number of thioether (sulfide) groups is 1. The Morgan fingerprint density at radius 1 is 1.25 bits per heavy atom. The van der Waals surface area contributed by atoms with E-state index in [9.17, 15) is 4.79 Å². The Balaban J connectivity index is 1.77. The Hall–Kier alpha value is -0.590. The van der Waals surface area contributed by atoms with Crippen LogP contribution < -0.4 is 5.56 Å². The van der Waals surface area contributed by atoms with Gasteiger partial charge in [-0.15, -0.1) is 11.8 Å². The van der Waals surface area contributed by atoms with E-state index in [0.717, 1.165) is 33.7 Å². The molecule has 1 fully saturated rings. The summed E-state index contributed by atoms with van der Waals surface area (Å²) in [5.74, 6) is 1.88. The fourth-order valence-corrected chi connectivity index (χ4v) is 3.45. The molecule has 0 unspecified atom stereocenters. The third kappa shape index (κ3) is 3.35. The van der Waals surface area contributed by atoms with Gasteiger partial charge in [0.05, 0.1) is 11.4 Å². The smallest absolute Gasteiger partial charge is 0.265 e. The van der Waals surface area contributed by atoms with E-state index in [1.165, 1.54) is 0 Å². The minimum Gasteiger partial charge on any atom is -0.309 e.